The highest BCUT2D eigenvalue weighted by Gasteiger charge is 2.63. The van der Waals surface area contributed by atoms with Crippen molar-refractivity contribution in [3.8, 4) is 0 Å². The number of carbonyl (C=O) groups is 2. The summed E-state index contributed by atoms with van der Waals surface area (Å²) < 4.78 is 35.0. The Labute approximate surface area is 327 Å². The monoisotopic (exact) mass is 781 g/mol. The van der Waals surface area contributed by atoms with E-state index in [0.29, 0.717) is 29.5 Å². The summed E-state index contributed by atoms with van der Waals surface area (Å²) in [5, 5.41) is 24.5. The number of ketones is 1. The molecular weight excluding hydrogens is 715 g/mol. The van der Waals surface area contributed by atoms with Crippen molar-refractivity contribution in [1.29, 1.82) is 0 Å². The highest BCUT2D eigenvalue weighted by atomic mass is 32.2. The van der Waals surface area contributed by atoms with Crippen LogP contribution in [0.4, 0.5) is 0 Å². The number of Topliss-reactive ketones (excluding diaryl/α,β-unsaturated/α-hetero) is 1. The molecule has 5 rings (SSSR count). The Morgan fingerprint density at radius 3 is 2.32 bits per heavy atom. The number of rotatable bonds is 11. The summed E-state index contributed by atoms with van der Waals surface area (Å²) >= 11 is 7.12. The van der Waals surface area contributed by atoms with Crippen LogP contribution in [0.2, 0.25) is 0 Å². The van der Waals surface area contributed by atoms with Crippen LogP contribution in [0.15, 0.2) is 12.2 Å². The van der Waals surface area contributed by atoms with Crippen molar-refractivity contribution in [1.82, 2.24) is 5.32 Å². The Balaban J connectivity index is 1.37. The Morgan fingerprint density at radius 2 is 1.68 bits per heavy atom. The normalized spacial score (nSPS) is 44.0. The maximum absolute atomic E-state index is 14.5. The average Bonchev–Trinajstić information content (AvgIpc) is 3.46. The molecule has 4 fully saturated rings. The quantitative estimate of drug-likeness (QED) is 0.144. The number of thiocarbonyl (C=S) groups is 1. The van der Waals surface area contributed by atoms with Crippen LogP contribution in [-0.4, -0.2) is 92.4 Å². The molecule has 0 radical (unpaired) electrons. The van der Waals surface area contributed by atoms with Gasteiger partial charge in [-0.1, -0.05) is 66.8 Å². The number of carbonyl (C=O) groups excluding carboxylic acids is 1. The molecule has 0 saturated carbocycles. The zero-order valence-electron chi connectivity index (χ0n) is 33.7. The van der Waals surface area contributed by atoms with Gasteiger partial charge in [0, 0.05) is 30.1 Å². The van der Waals surface area contributed by atoms with Gasteiger partial charge in [-0.2, -0.15) is 0 Å². The van der Waals surface area contributed by atoms with Gasteiger partial charge in [-0.3, -0.25) is 9.59 Å². The molecule has 12 heteroatoms. The Bertz CT molecular complexity index is 1350. The first-order chi connectivity index (χ1) is 24.9. The van der Waals surface area contributed by atoms with Gasteiger partial charge in [0.05, 0.1) is 48.6 Å². The number of hydrogen-bond acceptors (Lipinski definition) is 10. The molecule has 0 bridgehead atoms. The topological polar surface area (TPSA) is 133 Å². The highest BCUT2D eigenvalue weighted by molar-refractivity contribution is 8.22. The molecule has 2 spiro atoms. The van der Waals surface area contributed by atoms with Crippen LogP contribution in [0.5, 0.6) is 0 Å². The van der Waals surface area contributed by atoms with Gasteiger partial charge in [-0.05, 0) is 88.9 Å². The van der Waals surface area contributed by atoms with Crippen LogP contribution in [0.3, 0.4) is 0 Å². The van der Waals surface area contributed by atoms with Gasteiger partial charge in [-0.25, -0.2) is 0 Å². The number of aliphatic hydroxyl groups is 1. The lowest BCUT2D eigenvalue weighted by Crippen LogP contribution is -2.65. The summed E-state index contributed by atoms with van der Waals surface area (Å²) in [4.78, 5) is 25.9. The third-order valence-corrected chi connectivity index (χ3v) is 14.8. The van der Waals surface area contributed by atoms with Crippen molar-refractivity contribution in [2.75, 3.05) is 6.26 Å². The van der Waals surface area contributed by atoms with E-state index in [1.165, 1.54) is 11.8 Å². The SMILES string of the molecule is CCC(C(=O)[C@@H](C)[C@@H](O)[C@H](C)[C@@H]1O[C@@H](CC(=O)O)CC[C@@H]1C)[C@H]1O[C@]2(C=C[C@@H](NC(=S)SC)[C@]3(CC[C@@](C)([C@H]4CC[C@@H](C)[C@H](C)O4)O3)O2)[C@H](C)C[C@@H]1C. The maximum atomic E-state index is 14.5. The van der Waals surface area contributed by atoms with Gasteiger partial charge in [0.15, 0.2) is 11.6 Å². The van der Waals surface area contributed by atoms with E-state index in [1.807, 2.05) is 26.2 Å². The molecule has 0 amide bonds. The second-order valence-electron chi connectivity index (χ2n) is 17.5. The minimum absolute atomic E-state index is 0.0306. The standard InChI is InChI=1S/C41H67NO9S2/c1-11-30(35(46)26(6)34(45)27(7)36-23(3)12-14-29(48-36)21-33(43)44)37-24(4)20-25(5)40(49-37)17-16-31(42-38(52)53-10)41(51-40)19-18-39(9,50-41)32-15-13-22(2)28(8)47-32/h16-17,22-32,34,36-37,45H,11-15,18-21H2,1-10H3,(H,42,52)(H,43,44)/t22-,23+,24+,25-,26+,27+,28+,29-,30?,31-,32-,34-,36-,37+,39+,40+,41+/m1/s1. The lowest BCUT2D eigenvalue weighted by atomic mass is 9.72. The van der Waals surface area contributed by atoms with Crippen LogP contribution < -0.4 is 5.32 Å². The molecule has 17 atom stereocenters. The first-order valence-corrected chi connectivity index (χ1v) is 21.9. The number of aliphatic carboxylic acids is 1. The lowest BCUT2D eigenvalue weighted by molar-refractivity contribution is -0.397. The van der Waals surface area contributed by atoms with Crippen molar-refractivity contribution in [2.45, 2.75) is 180 Å². The Morgan fingerprint density at radius 1 is 0.981 bits per heavy atom. The van der Waals surface area contributed by atoms with E-state index in [-0.39, 0.29) is 60.2 Å². The van der Waals surface area contributed by atoms with E-state index < -0.39 is 53.3 Å². The third-order valence-electron chi connectivity index (χ3n) is 13.7. The lowest BCUT2D eigenvalue weighted by Gasteiger charge is -2.55. The van der Waals surface area contributed by atoms with E-state index in [4.69, 9.17) is 35.9 Å². The molecule has 0 aliphatic carbocycles. The van der Waals surface area contributed by atoms with Gasteiger partial charge in [0.2, 0.25) is 0 Å². The van der Waals surface area contributed by atoms with E-state index in [0.717, 1.165) is 32.1 Å². The second kappa shape index (κ2) is 17.2. The summed E-state index contributed by atoms with van der Waals surface area (Å²) in [5.41, 5.74) is -0.566. The summed E-state index contributed by atoms with van der Waals surface area (Å²) in [5.74, 6) is -3.99. The van der Waals surface area contributed by atoms with Crippen molar-refractivity contribution in [3.63, 3.8) is 0 Å². The number of thioether (sulfide) groups is 1. The summed E-state index contributed by atoms with van der Waals surface area (Å²) in [6.45, 7) is 18.6. The van der Waals surface area contributed by atoms with Crippen molar-refractivity contribution in [2.24, 2.45) is 41.4 Å². The molecule has 5 heterocycles. The molecule has 0 aromatic carbocycles. The first-order valence-electron chi connectivity index (χ1n) is 20.3. The van der Waals surface area contributed by atoms with Crippen LogP contribution in [0.1, 0.15) is 120 Å². The molecular formula is C41H67NO9S2. The van der Waals surface area contributed by atoms with Gasteiger partial charge in [0.25, 0.3) is 0 Å². The maximum Gasteiger partial charge on any atom is 0.305 e. The molecule has 5 aliphatic heterocycles. The Hall–Kier alpha value is -1.12. The summed E-state index contributed by atoms with van der Waals surface area (Å²) in [6, 6.07) is -0.344. The zero-order chi connectivity index (χ0) is 39.0. The van der Waals surface area contributed by atoms with Crippen LogP contribution >= 0.6 is 24.0 Å². The third kappa shape index (κ3) is 8.90. The predicted octanol–water partition coefficient (Wildman–Crippen LogP) is 7.29. The largest absolute Gasteiger partial charge is 0.481 e. The molecule has 3 N–H and O–H groups in total. The van der Waals surface area contributed by atoms with E-state index in [9.17, 15) is 19.8 Å². The van der Waals surface area contributed by atoms with E-state index in [1.54, 1.807) is 6.92 Å². The van der Waals surface area contributed by atoms with E-state index in [2.05, 4.69) is 52.9 Å². The van der Waals surface area contributed by atoms with Crippen LogP contribution in [0.25, 0.3) is 0 Å². The molecule has 1 unspecified atom stereocenters. The smallest absolute Gasteiger partial charge is 0.305 e. The molecule has 0 aromatic rings. The van der Waals surface area contributed by atoms with Gasteiger partial charge in [0.1, 0.15) is 16.1 Å². The molecule has 10 nitrogen and oxygen atoms in total. The number of hydrogen-bond donors (Lipinski definition) is 3. The first kappa shape index (κ1) is 43.0. The van der Waals surface area contributed by atoms with Crippen LogP contribution in [0, 0.1) is 41.4 Å². The molecule has 4 saturated heterocycles. The highest BCUT2D eigenvalue weighted by Crippen LogP contribution is 2.54. The fourth-order valence-corrected chi connectivity index (χ4v) is 10.3. The number of carboxylic acid groups (broad SMARTS) is 1. The van der Waals surface area contributed by atoms with Gasteiger partial charge < -0.3 is 39.2 Å². The molecule has 0 aromatic heterocycles. The Kier molecular flexibility index (Phi) is 13.9. The summed E-state index contributed by atoms with van der Waals surface area (Å²) in [6.07, 6.45) is 10.1. The van der Waals surface area contributed by atoms with E-state index >= 15 is 0 Å². The number of ether oxygens (including phenoxy) is 5. The average molecular weight is 782 g/mol. The molecule has 302 valence electrons. The fraction of sp³-hybridized carbons (Fsp3) is 0.878. The predicted molar refractivity (Wildman–Crippen MR) is 210 cm³/mol. The molecule has 5 aliphatic rings. The summed E-state index contributed by atoms with van der Waals surface area (Å²) in [7, 11) is 0. The van der Waals surface area contributed by atoms with Crippen molar-refractivity contribution < 1.29 is 43.5 Å². The minimum atomic E-state index is -1.13. The van der Waals surface area contributed by atoms with Gasteiger partial charge in [-0.15, -0.1) is 11.8 Å². The number of aliphatic hydroxyl groups excluding tert-OH is 1. The minimum Gasteiger partial charge on any atom is -0.481 e. The second-order valence-corrected chi connectivity index (χ2v) is 19.0. The van der Waals surface area contributed by atoms with Crippen LogP contribution in [-0.2, 0) is 33.3 Å². The molecule has 53 heavy (non-hydrogen) atoms. The number of nitrogens with one attached hydrogen (secondary N) is 1. The van der Waals surface area contributed by atoms with Gasteiger partial charge >= 0.3 is 5.97 Å². The number of carboxylic acids is 1. The zero-order valence-corrected chi connectivity index (χ0v) is 35.3. The fourth-order valence-electron chi connectivity index (χ4n) is 9.97. The van der Waals surface area contributed by atoms with Crippen molar-refractivity contribution in [3.05, 3.63) is 12.2 Å². The van der Waals surface area contributed by atoms with Crippen molar-refractivity contribution >= 4 is 40.1 Å².